The van der Waals surface area contributed by atoms with Crippen LogP contribution in [0.2, 0.25) is 0 Å². The maximum absolute atomic E-state index is 12.2. The summed E-state index contributed by atoms with van der Waals surface area (Å²) in [4.78, 5) is 24.3. The Morgan fingerprint density at radius 2 is 1.33 bits per heavy atom. The molecule has 0 atom stereocenters. The van der Waals surface area contributed by atoms with Gasteiger partial charge in [0.1, 0.15) is 0 Å². The topological polar surface area (TPSA) is 61.8 Å². The van der Waals surface area contributed by atoms with Crippen molar-refractivity contribution in [1.82, 2.24) is 0 Å². The van der Waals surface area contributed by atoms with E-state index < -0.39 is 17.4 Å². The highest BCUT2D eigenvalue weighted by atomic mass is 16.6. The number of carbonyl (C=O) groups excluding carboxylic acids is 2. The molecule has 1 saturated heterocycles. The SMILES string of the molecule is CC(C)OC(=O)C1(C(=O)OC(C)C)CCOCC1. The van der Waals surface area contributed by atoms with Crippen molar-refractivity contribution >= 4 is 11.9 Å². The lowest BCUT2D eigenvalue weighted by Crippen LogP contribution is -2.47. The highest BCUT2D eigenvalue weighted by molar-refractivity contribution is 6.00. The van der Waals surface area contributed by atoms with Crippen LogP contribution >= 0.6 is 0 Å². The maximum atomic E-state index is 12.2. The first-order valence-electron chi connectivity index (χ1n) is 6.38. The largest absolute Gasteiger partial charge is 0.462 e. The summed E-state index contributed by atoms with van der Waals surface area (Å²) in [6, 6.07) is 0. The minimum Gasteiger partial charge on any atom is -0.462 e. The van der Waals surface area contributed by atoms with E-state index in [2.05, 4.69) is 0 Å². The Labute approximate surface area is 108 Å². The second kappa shape index (κ2) is 6.18. The molecule has 0 unspecified atom stereocenters. The molecule has 0 aliphatic carbocycles. The molecule has 5 heteroatoms. The normalized spacial score (nSPS) is 18.8. The van der Waals surface area contributed by atoms with Crippen LogP contribution in [-0.2, 0) is 23.8 Å². The van der Waals surface area contributed by atoms with Crippen LogP contribution in [0, 0.1) is 5.41 Å². The van der Waals surface area contributed by atoms with Crippen molar-refractivity contribution in [2.45, 2.75) is 52.7 Å². The first-order chi connectivity index (χ1) is 8.38. The zero-order chi connectivity index (χ0) is 13.8. The molecule has 0 N–H and O–H groups in total. The summed E-state index contributed by atoms with van der Waals surface area (Å²) in [6.45, 7) is 7.80. The molecule has 0 radical (unpaired) electrons. The van der Waals surface area contributed by atoms with Crippen molar-refractivity contribution in [2.75, 3.05) is 13.2 Å². The van der Waals surface area contributed by atoms with Gasteiger partial charge in [0.2, 0.25) is 0 Å². The van der Waals surface area contributed by atoms with Gasteiger partial charge in [-0.1, -0.05) is 0 Å². The molecule has 1 rings (SSSR count). The fraction of sp³-hybridized carbons (Fsp3) is 0.846. The molecule has 1 aliphatic rings. The summed E-state index contributed by atoms with van der Waals surface area (Å²) >= 11 is 0. The van der Waals surface area contributed by atoms with Crippen molar-refractivity contribution in [3.8, 4) is 0 Å². The van der Waals surface area contributed by atoms with E-state index in [1.165, 1.54) is 0 Å². The molecule has 0 saturated carbocycles. The van der Waals surface area contributed by atoms with Crippen LogP contribution < -0.4 is 0 Å². The van der Waals surface area contributed by atoms with E-state index in [-0.39, 0.29) is 12.2 Å². The van der Waals surface area contributed by atoms with Gasteiger partial charge >= 0.3 is 11.9 Å². The van der Waals surface area contributed by atoms with Crippen molar-refractivity contribution in [1.29, 1.82) is 0 Å². The quantitative estimate of drug-likeness (QED) is 0.567. The maximum Gasteiger partial charge on any atom is 0.323 e. The van der Waals surface area contributed by atoms with Crippen LogP contribution in [0.3, 0.4) is 0 Å². The van der Waals surface area contributed by atoms with Crippen LogP contribution in [0.4, 0.5) is 0 Å². The van der Waals surface area contributed by atoms with Gasteiger partial charge in [0.25, 0.3) is 0 Å². The molecule has 5 nitrogen and oxygen atoms in total. The van der Waals surface area contributed by atoms with Crippen LogP contribution in [0.1, 0.15) is 40.5 Å². The van der Waals surface area contributed by atoms with Crippen molar-refractivity contribution in [3.63, 3.8) is 0 Å². The molecule has 0 aromatic carbocycles. The van der Waals surface area contributed by atoms with Crippen LogP contribution in [0.25, 0.3) is 0 Å². The Hall–Kier alpha value is -1.10. The molecule has 1 heterocycles. The molecule has 0 aromatic rings. The molecule has 1 aliphatic heterocycles. The van der Waals surface area contributed by atoms with Gasteiger partial charge in [-0.3, -0.25) is 9.59 Å². The fourth-order valence-electron chi connectivity index (χ4n) is 1.87. The smallest absolute Gasteiger partial charge is 0.323 e. The van der Waals surface area contributed by atoms with E-state index >= 15 is 0 Å². The summed E-state index contributed by atoms with van der Waals surface area (Å²) in [6.07, 6.45) is 0.155. The van der Waals surface area contributed by atoms with E-state index in [4.69, 9.17) is 14.2 Å². The summed E-state index contributed by atoms with van der Waals surface area (Å²) in [7, 11) is 0. The zero-order valence-electron chi connectivity index (χ0n) is 11.5. The Kier molecular flexibility index (Phi) is 5.14. The van der Waals surface area contributed by atoms with Crippen LogP contribution in [0.15, 0.2) is 0 Å². The zero-order valence-corrected chi connectivity index (χ0v) is 11.5. The third kappa shape index (κ3) is 3.45. The van der Waals surface area contributed by atoms with Gasteiger partial charge in [-0.05, 0) is 40.5 Å². The molecule has 0 aromatic heterocycles. The third-order valence-corrected chi connectivity index (χ3v) is 2.81. The first-order valence-corrected chi connectivity index (χ1v) is 6.38. The van der Waals surface area contributed by atoms with Crippen molar-refractivity contribution in [2.24, 2.45) is 5.41 Å². The Morgan fingerprint density at radius 3 is 1.67 bits per heavy atom. The summed E-state index contributed by atoms with van der Waals surface area (Å²) in [5, 5.41) is 0. The van der Waals surface area contributed by atoms with Gasteiger partial charge in [0, 0.05) is 13.2 Å². The summed E-state index contributed by atoms with van der Waals surface area (Å²) in [5.74, 6) is -0.988. The minimum atomic E-state index is -1.19. The number of rotatable bonds is 4. The predicted octanol–water partition coefficient (Wildman–Crippen LogP) is 1.69. The predicted molar refractivity (Wildman–Crippen MR) is 64.9 cm³/mol. The van der Waals surface area contributed by atoms with Gasteiger partial charge in [0.15, 0.2) is 5.41 Å². The van der Waals surface area contributed by atoms with Crippen LogP contribution in [0.5, 0.6) is 0 Å². The van der Waals surface area contributed by atoms with Crippen LogP contribution in [-0.4, -0.2) is 37.4 Å². The number of hydrogen-bond acceptors (Lipinski definition) is 5. The fourth-order valence-corrected chi connectivity index (χ4v) is 1.87. The standard InChI is InChI=1S/C13H22O5/c1-9(2)17-11(14)13(5-7-16-8-6-13)12(15)18-10(3)4/h9-10H,5-8H2,1-4H3. The molecule has 0 bridgehead atoms. The molecule has 0 spiro atoms. The highest BCUT2D eigenvalue weighted by Gasteiger charge is 2.50. The number of hydrogen-bond donors (Lipinski definition) is 0. The van der Waals surface area contributed by atoms with Crippen molar-refractivity contribution < 1.29 is 23.8 Å². The molecule has 1 fully saturated rings. The van der Waals surface area contributed by atoms with Gasteiger partial charge in [-0.2, -0.15) is 0 Å². The van der Waals surface area contributed by atoms with E-state index in [0.29, 0.717) is 26.1 Å². The molecule has 18 heavy (non-hydrogen) atoms. The number of esters is 2. The third-order valence-electron chi connectivity index (χ3n) is 2.81. The van der Waals surface area contributed by atoms with E-state index in [9.17, 15) is 9.59 Å². The minimum absolute atomic E-state index is 0.246. The Bertz CT molecular complexity index is 279. The van der Waals surface area contributed by atoms with E-state index in [1.807, 2.05) is 0 Å². The monoisotopic (exact) mass is 258 g/mol. The lowest BCUT2D eigenvalue weighted by molar-refractivity contribution is -0.183. The van der Waals surface area contributed by atoms with E-state index in [0.717, 1.165) is 0 Å². The first kappa shape index (κ1) is 15.0. The highest BCUT2D eigenvalue weighted by Crippen LogP contribution is 2.34. The summed E-state index contributed by atoms with van der Waals surface area (Å²) in [5.41, 5.74) is -1.19. The van der Waals surface area contributed by atoms with Gasteiger partial charge in [0.05, 0.1) is 12.2 Å². The van der Waals surface area contributed by atoms with Gasteiger partial charge < -0.3 is 14.2 Å². The second-order valence-corrected chi connectivity index (χ2v) is 5.10. The Morgan fingerprint density at radius 1 is 0.944 bits per heavy atom. The molecular formula is C13H22O5. The second-order valence-electron chi connectivity index (χ2n) is 5.10. The lowest BCUT2D eigenvalue weighted by atomic mass is 9.80. The molecule has 0 amide bonds. The average Bonchev–Trinajstić information content (AvgIpc) is 2.28. The Balaban J connectivity index is 2.87. The summed E-state index contributed by atoms with van der Waals surface area (Å²) < 4.78 is 15.6. The van der Waals surface area contributed by atoms with Gasteiger partial charge in [-0.25, -0.2) is 0 Å². The van der Waals surface area contributed by atoms with Gasteiger partial charge in [-0.15, -0.1) is 0 Å². The number of ether oxygens (including phenoxy) is 3. The lowest BCUT2D eigenvalue weighted by Gasteiger charge is -2.33. The molecule has 104 valence electrons. The van der Waals surface area contributed by atoms with E-state index in [1.54, 1.807) is 27.7 Å². The average molecular weight is 258 g/mol. The van der Waals surface area contributed by atoms with Crippen molar-refractivity contribution in [3.05, 3.63) is 0 Å². The number of carbonyl (C=O) groups is 2. The molecular weight excluding hydrogens is 236 g/mol.